The molecule has 0 aromatic carbocycles. The first-order valence-electron chi connectivity index (χ1n) is 20.9. The molecule has 0 rings (SSSR count). The molecule has 0 aliphatic carbocycles. The number of quaternary nitrogens is 1. The van der Waals surface area contributed by atoms with Crippen molar-refractivity contribution < 1.29 is 42.1 Å². The third kappa shape index (κ3) is 38.3. The third-order valence-electron chi connectivity index (χ3n) is 9.04. The molecule has 0 aliphatic rings. The highest BCUT2D eigenvalue weighted by Crippen LogP contribution is 2.38. The quantitative estimate of drug-likeness (QED) is 0.0202. The summed E-state index contributed by atoms with van der Waals surface area (Å²) in [4.78, 5) is 37.4. The normalized spacial score (nSPS) is 13.8. The number of carbonyl (C=O) groups is 2. The standard InChI is InChI=1S/C41H80NO8P/c1-6-8-10-12-14-16-18-20-22-24-26-28-30-32-34-41(44)50-39(38-49-51(45,46)48-36-35-42(3,4)5)37-47-40(43)33-31-29-27-25-23-21-19-17-15-13-11-9-7-2/h17,19,39H,6-16,18,20-38H2,1-5H3/b19-17-/t39-/m1/s1. The van der Waals surface area contributed by atoms with Crippen molar-refractivity contribution in [3.63, 3.8) is 0 Å². The smallest absolute Gasteiger partial charge is 0.306 e. The number of nitrogens with zero attached hydrogens (tertiary/aromatic N) is 1. The van der Waals surface area contributed by atoms with Crippen LogP contribution < -0.4 is 4.89 Å². The number of ether oxygens (including phenoxy) is 2. The fourth-order valence-corrected chi connectivity index (χ4v) is 6.44. The predicted molar refractivity (Wildman–Crippen MR) is 208 cm³/mol. The van der Waals surface area contributed by atoms with E-state index in [1.807, 2.05) is 21.1 Å². The number of phosphoric ester groups is 1. The largest absolute Gasteiger partial charge is 0.756 e. The van der Waals surface area contributed by atoms with Gasteiger partial charge in [0, 0.05) is 12.8 Å². The molecule has 10 heteroatoms. The zero-order valence-electron chi connectivity index (χ0n) is 33.8. The van der Waals surface area contributed by atoms with Gasteiger partial charge in [0.2, 0.25) is 0 Å². The van der Waals surface area contributed by atoms with Gasteiger partial charge in [0.25, 0.3) is 7.82 Å². The Bertz CT molecular complexity index is 891. The second-order valence-electron chi connectivity index (χ2n) is 15.4. The van der Waals surface area contributed by atoms with E-state index >= 15 is 0 Å². The first kappa shape index (κ1) is 49.8. The number of likely N-dealkylation sites (N-methyl/N-ethyl adjacent to an activating group) is 1. The molecule has 302 valence electrons. The van der Waals surface area contributed by atoms with E-state index in [0.717, 1.165) is 51.4 Å². The van der Waals surface area contributed by atoms with Crippen molar-refractivity contribution in [2.45, 2.75) is 193 Å². The Morgan fingerprint density at radius 1 is 0.588 bits per heavy atom. The fourth-order valence-electron chi connectivity index (χ4n) is 5.71. The summed E-state index contributed by atoms with van der Waals surface area (Å²) in [6.07, 6.45) is 33.7. The van der Waals surface area contributed by atoms with Crippen LogP contribution >= 0.6 is 7.82 Å². The number of esters is 2. The summed E-state index contributed by atoms with van der Waals surface area (Å²) in [6, 6.07) is 0. The van der Waals surface area contributed by atoms with Gasteiger partial charge in [-0.05, 0) is 38.5 Å². The fraction of sp³-hybridized carbons (Fsp3) is 0.902. The number of carbonyl (C=O) groups excluding carboxylic acids is 2. The lowest BCUT2D eigenvalue weighted by atomic mass is 10.0. The van der Waals surface area contributed by atoms with E-state index in [2.05, 4.69) is 26.0 Å². The van der Waals surface area contributed by atoms with Gasteiger partial charge in [-0.3, -0.25) is 14.2 Å². The molecule has 0 aromatic heterocycles. The van der Waals surface area contributed by atoms with Crippen molar-refractivity contribution in [2.24, 2.45) is 0 Å². The molecular weight excluding hydrogens is 665 g/mol. The monoisotopic (exact) mass is 746 g/mol. The molecule has 0 saturated heterocycles. The topological polar surface area (TPSA) is 111 Å². The van der Waals surface area contributed by atoms with Crippen molar-refractivity contribution in [1.29, 1.82) is 0 Å². The highest BCUT2D eigenvalue weighted by Gasteiger charge is 2.21. The van der Waals surface area contributed by atoms with E-state index in [0.29, 0.717) is 17.4 Å². The molecule has 1 unspecified atom stereocenters. The first-order valence-corrected chi connectivity index (χ1v) is 22.4. The average molecular weight is 746 g/mol. The van der Waals surface area contributed by atoms with Crippen molar-refractivity contribution >= 4 is 19.8 Å². The number of hydrogen-bond acceptors (Lipinski definition) is 8. The van der Waals surface area contributed by atoms with Crippen LogP contribution in [0.25, 0.3) is 0 Å². The summed E-state index contributed by atoms with van der Waals surface area (Å²) < 4.78 is 33.8. The van der Waals surface area contributed by atoms with Crippen molar-refractivity contribution in [1.82, 2.24) is 0 Å². The molecule has 0 aromatic rings. The van der Waals surface area contributed by atoms with Gasteiger partial charge in [-0.2, -0.15) is 0 Å². The van der Waals surface area contributed by atoms with E-state index in [9.17, 15) is 19.0 Å². The number of unbranched alkanes of at least 4 members (excludes halogenated alkanes) is 22. The Morgan fingerprint density at radius 2 is 1.00 bits per heavy atom. The second kappa shape index (κ2) is 34.5. The van der Waals surface area contributed by atoms with Gasteiger partial charge in [0.1, 0.15) is 19.8 Å². The Morgan fingerprint density at radius 3 is 1.47 bits per heavy atom. The molecule has 0 amide bonds. The van der Waals surface area contributed by atoms with E-state index in [1.165, 1.54) is 103 Å². The minimum Gasteiger partial charge on any atom is -0.756 e. The molecule has 51 heavy (non-hydrogen) atoms. The van der Waals surface area contributed by atoms with Crippen LogP contribution in [-0.2, 0) is 32.7 Å². The summed E-state index contributed by atoms with van der Waals surface area (Å²) in [7, 11) is 1.17. The van der Waals surface area contributed by atoms with Gasteiger partial charge in [-0.25, -0.2) is 0 Å². The van der Waals surface area contributed by atoms with Gasteiger partial charge in [-0.1, -0.05) is 148 Å². The van der Waals surface area contributed by atoms with E-state index in [-0.39, 0.29) is 26.1 Å². The SMILES string of the molecule is CCCCCC/C=C\CCCCCCCC(=O)OC[C@H](COP(=O)([O-])OCC[N+](C)(C)C)OC(=O)CCCCCCCCCCCCCCCC. The molecule has 0 spiro atoms. The summed E-state index contributed by atoms with van der Waals surface area (Å²) in [5.41, 5.74) is 0. The van der Waals surface area contributed by atoms with Gasteiger partial charge < -0.3 is 27.9 Å². The highest BCUT2D eigenvalue weighted by molar-refractivity contribution is 7.45. The van der Waals surface area contributed by atoms with Crippen LogP contribution in [0.2, 0.25) is 0 Å². The van der Waals surface area contributed by atoms with Crippen LogP contribution in [0.5, 0.6) is 0 Å². The lowest BCUT2D eigenvalue weighted by Gasteiger charge is -2.28. The Kier molecular flexibility index (Phi) is 33.7. The van der Waals surface area contributed by atoms with Crippen LogP contribution in [0, 0.1) is 0 Å². The van der Waals surface area contributed by atoms with E-state index < -0.39 is 32.5 Å². The summed E-state index contributed by atoms with van der Waals surface area (Å²) in [5.74, 6) is -0.838. The zero-order chi connectivity index (χ0) is 37.9. The van der Waals surface area contributed by atoms with E-state index in [4.69, 9.17) is 18.5 Å². The van der Waals surface area contributed by atoms with Crippen molar-refractivity contribution in [3.05, 3.63) is 12.2 Å². The number of hydrogen-bond donors (Lipinski definition) is 0. The molecule has 0 radical (unpaired) electrons. The van der Waals surface area contributed by atoms with Gasteiger partial charge in [-0.15, -0.1) is 0 Å². The Balaban J connectivity index is 4.38. The molecule has 9 nitrogen and oxygen atoms in total. The first-order chi connectivity index (χ1) is 24.5. The summed E-state index contributed by atoms with van der Waals surface area (Å²) in [5, 5.41) is 0. The minimum atomic E-state index is -4.62. The lowest BCUT2D eigenvalue weighted by molar-refractivity contribution is -0.870. The lowest BCUT2D eigenvalue weighted by Crippen LogP contribution is -2.37. The van der Waals surface area contributed by atoms with Crippen LogP contribution in [0.15, 0.2) is 12.2 Å². The van der Waals surface area contributed by atoms with Crippen molar-refractivity contribution in [3.8, 4) is 0 Å². The molecule has 2 atom stereocenters. The summed E-state index contributed by atoms with van der Waals surface area (Å²) >= 11 is 0. The molecule has 0 fully saturated rings. The number of rotatable bonds is 38. The maximum Gasteiger partial charge on any atom is 0.306 e. The molecular formula is C41H80NO8P. The van der Waals surface area contributed by atoms with E-state index in [1.54, 1.807) is 0 Å². The molecule has 0 N–H and O–H groups in total. The van der Waals surface area contributed by atoms with Crippen LogP contribution in [-0.4, -0.2) is 70.0 Å². The number of allylic oxidation sites excluding steroid dienone is 2. The van der Waals surface area contributed by atoms with Crippen LogP contribution in [0.1, 0.15) is 187 Å². The third-order valence-corrected chi connectivity index (χ3v) is 10.00. The van der Waals surface area contributed by atoms with Gasteiger partial charge >= 0.3 is 11.9 Å². The van der Waals surface area contributed by atoms with Crippen molar-refractivity contribution in [2.75, 3.05) is 47.5 Å². The van der Waals surface area contributed by atoms with Crippen LogP contribution in [0.4, 0.5) is 0 Å². The second-order valence-corrected chi connectivity index (χ2v) is 16.8. The summed E-state index contributed by atoms with van der Waals surface area (Å²) in [6.45, 7) is 4.21. The molecule has 0 heterocycles. The molecule has 0 bridgehead atoms. The number of phosphoric acid groups is 1. The molecule has 0 aliphatic heterocycles. The highest BCUT2D eigenvalue weighted by atomic mass is 31.2. The Hall–Kier alpha value is -1.25. The maximum absolute atomic E-state index is 12.6. The maximum atomic E-state index is 12.6. The van der Waals surface area contributed by atoms with Gasteiger partial charge in [0.15, 0.2) is 6.10 Å². The van der Waals surface area contributed by atoms with Gasteiger partial charge in [0.05, 0.1) is 27.7 Å². The zero-order valence-corrected chi connectivity index (χ0v) is 34.7. The van der Waals surface area contributed by atoms with Crippen LogP contribution in [0.3, 0.4) is 0 Å². The molecule has 0 saturated carbocycles. The Labute approximate surface area is 314 Å². The minimum absolute atomic E-state index is 0.0291. The predicted octanol–water partition coefficient (Wildman–Crippen LogP) is 10.8. The average Bonchev–Trinajstić information content (AvgIpc) is 3.07.